The Hall–Kier alpha value is -1.24. The highest BCUT2D eigenvalue weighted by atomic mass is 35.5. The normalized spacial score (nSPS) is 11.1. The van der Waals surface area contributed by atoms with Crippen molar-refractivity contribution in [2.24, 2.45) is 5.92 Å². The van der Waals surface area contributed by atoms with Gasteiger partial charge in [0, 0.05) is 17.1 Å². The first-order valence-corrected chi connectivity index (χ1v) is 8.36. The van der Waals surface area contributed by atoms with Crippen molar-refractivity contribution in [3.63, 3.8) is 0 Å². The molecule has 1 aromatic carbocycles. The number of benzene rings is 1. The lowest BCUT2D eigenvalue weighted by Crippen LogP contribution is -2.09. The fourth-order valence-electron chi connectivity index (χ4n) is 1.92. The van der Waals surface area contributed by atoms with E-state index in [4.69, 9.17) is 28.3 Å². The number of rotatable bonds is 6. The van der Waals surface area contributed by atoms with Gasteiger partial charge in [-0.05, 0) is 24.1 Å². The van der Waals surface area contributed by atoms with E-state index in [1.54, 1.807) is 18.2 Å². The van der Waals surface area contributed by atoms with Crippen molar-refractivity contribution in [3.8, 4) is 11.4 Å². The molecule has 8 heteroatoms. The molecular formula is C14H15Cl2N3O2S. The lowest BCUT2D eigenvalue weighted by atomic mass is 10.2. The Kier molecular flexibility index (Phi) is 5.72. The molecule has 0 unspecified atom stereocenters. The van der Waals surface area contributed by atoms with Crippen LogP contribution < -0.4 is 0 Å². The zero-order valence-corrected chi connectivity index (χ0v) is 14.4. The fourth-order valence-corrected chi connectivity index (χ4v) is 3.08. The monoisotopic (exact) mass is 359 g/mol. The Bertz CT molecular complexity index is 689. The van der Waals surface area contributed by atoms with Crippen molar-refractivity contribution in [3.05, 3.63) is 28.2 Å². The number of aliphatic carboxylic acids is 1. The van der Waals surface area contributed by atoms with Gasteiger partial charge in [0.2, 0.25) is 0 Å². The highest BCUT2D eigenvalue weighted by Gasteiger charge is 2.18. The molecule has 0 aliphatic heterocycles. The molecule has 0 bridgehead atoms. The van der Waals surface area contributed by atoms with Crippen LogP contribution in [0.5, 0.6) is 0 Å². The second-order valence-corrected chi connectivity index (χ2v) is 6.90. The van der Waals surface area contributed by atoms with Crippen LogP contribution in [0.4, 0.5) is 0 Å². The Morgan fingerprint density at radius 1 is 1.36 bits per heavy atom. The summed E-state index contributed by atoms with van der Waals surface area (Å²) in [5.74, 6) is 0.00772. The van der Waals surface area contributed by atoms with Crippen LogP contribution in [0.1, 0.15) is 13.8 Å². The highest BCUT2D eigenvalue weighted by molar-refractivity contribution is 7.99. The summed E-state index contributed by atoms with van der Waals surface area (Å²) >= 11 is 13.3. The van der Waals surface area contributed by atoms with Gasteiger partial charge >= 0.3 is 5.97 Å². The van der Waals surface area contributed by atoms with E-state index in [-0.39, 0.29) is 5.75 Å². The van der Waals surface area contributed by atoms with E-state index in [0.717, 1.165) is 17.3 Å². The Morgan fingerprint density at radius 3 is 2.68 bits per heavy atom. The summed E-state index contributed by atoms with van der Waals surface area (Å²) in [6.45, 7) is 4.81. The Labute approximate surface area is 142 Å². The predicted octanol–water partition coefficient (Wildman–Crippen LogP) is 4.08. The van der Waals surface area contributed by atoms with Gasteiger partial charge in [0.15, 0.2) is 11.0 Å². The number of hydrogen-bond acceptors (Lipinski definition) is 4. The summed E-state index contributed by atoms with van der Waals surface area (Å²) in [6, 6.07) is 5.18. The molecule has 0 amide bonds. The molecular weight excluding hydrogens is 345 g/mol. The van der Waals surface area contributed by atoms with E-state index in [9.17, 15) is 4.79 Å². The van der Waals surface area contributed by atoms with Crippen LogP contribution in [0.25, 0.3) is 11.4 Å². The number of hydrogen-bond donors (Lipinski definition) is 1. The van der Waals surface area contributed by atoms with Gasteiger partial charge in [0.25, 0.3) is 0 Å². The highest BCUT2D eigenvalue weighted by Crippen LogP contribution is 2.31. The SMILES string of the molecule is CC(C)Cn1c(SCC(=O)O)nnc1-c1ccc(Cl)cc1Cl. The number of carboxylic acids is 1. The van der Waals surface area contributed by atoms with Crippen LogP contribution >= 0.6 is 35.0 Å². The van der Waals surface area contributed by atoms with E-state index in [1.807, 2.05) is 4.57 Å². The Morgan fingerprint density at radius 2 is 2.09 bits per heavy atom. The summed E-state index contributed by atoms with van der Waals surface area (Å²) in [5.41, 5.74) is 0.724. The second-order valence-electron chi connectivity index (χ2n) is 5.12. The number of halogens is 2. The molecule has 2 aromatic rings. The second kappa shape index (κ2) is 7.35. The molecule has 5 nitrogen and oxygen atoms in total. The van der Waals surface area contributed by atoms with Crippen molar-refractivity contribution >= 4 is 40.9 Å². The van der Waals surface area contributed by atoms with E-state index < -0.39 is 5.97 Å². The maximum atomic E-state index is 10.8. The van der Waals surface area contributed by atoms with E-state index in [0.29, 0.717) is 33.5 Å². The number of aromatic nitrogens is 3. The first-order valence-electron chi connectivity index (χ1n) is 6.61. The van der Waals surface area contributed by atoms with Crippen LogP contribution in [0.15, 0.2) is 23.4 Å². The number of thioether (sulfide) groups is 1. The summed E-state index contributed by atoms with van der Waals surface area (Å²) in [4.78, 5) is 10.8. The van der Waals surface area contributed by atoms with E-state index in [1.165, 1.54) is 0 Å². The topological polar surface area (TPSA) is 68.0 Å². The molecule has 118 valence electrons. The zero-order valence-electron chi connectivity index (χ0n) is 12.1. The average molecular weight is 360 g/mol. The van der Waals surface area contributed by atoms with Crippen molar-refractivity contribution in [1.82, 2.24) is 14.8 Å². The molecule has 22 heavy (non-hydrogen) atoms. The van der Waals surface area contributed by atoms with Crippen LogP contribution in [-0.4, -0.2) is 31.6 Å². The minimum Gasteiger partial charge on any atom is -0.481 e. The largest absolute Gasteiger partial charge is 0.481 e. The van der Waals surface area contributed by atoms with Gasteiger partial charge in [-0.15, -0.1) is 10.2 Å². The Balaban J connectivity index is 2.43. The molecule has 0 spiro atoms. The molecule has 0 radical (unpaired) electrons. The molecule has 1 N–H and O–H groups in total. The van der Waals surface area contributed by atoms with Gasteiger partial charge in [-0.2, -0.15) is 0 Å². The van der Waals surface area contributed by atoms with Gasteiger partial charge in [-0.1, -0.05) is 48.8 Å². The first kappa shape index (κ1) is 17.1. The van der Waals surface area contributed by atoms with Gasteiger partial charge in [-0.3, -0.25) is 4.79 Å². The maximum absolute atomic E-state index is 10.8. The molecule has 0 fully saturated rings. The van der Waals surface area contributed by atoms with Crippen LogP contribution in [0, 0.1) is 5.92 Å². The third-order valence-electron chi connectivity index (χ3n) is 2.76. The quantitative estimate of drug-likeness (QED) is 0.786. The maximum Gasteiger partial charge on any atom is 0.313 e. The van der Waals surface area contributed by atoms with Crippen LogP contribution in [0.3, 0.4) is 0 Å². The van der Waals surface area contributed by atoms with Gasteiger partial charge in [-0.25, -0.2) is 0 Å². The van der Waals surface area contributed by atoms with E-state index >= 15 is 0 Å². The molecule has 0 saturated carbocycles. The lowest BCUT2D eigenvalue weighted by Gasteiger charge is -2.13. The van der Waals surface area contributed by atoms with Crippen LogP contribution in [0.2, 0.25) is 10.0 Å². The third kappa shape index (κ3) is 4.15. The van der Waals surface area contributed by atoms with Crippen molar-refractivity contribution in [2.75, 3.05) is 5.75 Å². The molecule has 0 atom stereocenters. The summed E-state index contributed by atoms with van der Waals surface area (Å²) in [5, 5.41) is 18.7. The standard InChI is InChI=1S/C14H15Cl2N3O2S/c1-8(2)6-19-13(10-4-3-9(15)5-11(10)16)17-18-14(19)22-7-12(20)21/h3-5,8H,6-7H2,1-2H3,(H,20,21). The van der Waals surface area contributed by atoms with Crippen molar-refractivity contribution in [1.29, 1.82) is 0 Å². The molecule has 0 aliphatic rings. The molecule has 1 aromatic heterocycles. The first-order chi connectivity index (χ1) is 10.4. The molecule has 0 aliphatic carbocycles. The number of carbonyl (C=O) groups is 1. The van der Waals surface area contributed by atoms with Crippen LogP contribution in [-0.2, 0) is 11.3 Å². The summed E-state index contributed by atoms with van der Waals surface area (Å²) in [6.07, 6.45) is 0. The number of carboxylic acid groups (broad SMARTS) is 1. The molecule has 0 saturated heterocycles. The van der Waals surface area contributed by atoms with E-state index in [2.05, 4.69) is 24.0 Å². The zero-order chi connectivity index (χ0) is 16.3. The molecule has 2 rings (SSSR count). The fraction of sp³-hybridized carbons (Fsp3) is 0.357. The van der Waals surface area contributed by atoms with Crippen molar-refractivity contribution < 1.29 is 9.90 Å². The molecule has 1 heterocycles. The third-order valence-corrected chi connectivity index (χ3v) is 4.26. The lowest BCUT2D eigenvalue weighted by molar-refractivity contribution is -0.133. The van der Waals surface area contributed by atoms with Crippen molar-refractivity contribution in [2.45, 2.75) is 25.5 Å². The minimum absolute atomic E-state index is 0.0649. The van der Waals surface area contributed by atoms with Gasteiger partial charge in [0.05, 0.1) is 10.8 Å². The number of nitrogens with zero attached hydrogens (tertiary/aromatic N) is 3. The minimum atomic E-state index is -0.893. The smallest absolute Gasteiger partial charge is 0.313 e. The van der Waals surface area contributed by atoms with Gasteiger partial charge < -0.3 is 9.67 Å². The predicted molar refractivity (Wildman–Crippen MR) is 88.7 cm³/mol. The summed E-state index contributed by atoms with van der Waals surface area (Å²) < 4.78 is 1.90. The van der Waals surface area contributed by atoms with Gasteiger partial charge in [0.1, 0.15) is 0 Å². The average Bonchev–Trinajstić information content (AvgIpc) is 2.78. The summed E-state index contributed by atoms with van der Waals surface area (Å²) in [7, 11) is 0.